The number of hydrogen-bond donors (Lipinski definition) is 0. The Hall–Kier alpha value is -2.36. The van der Waals surface area contributed by atoms with Crippen molar-refractivity contribution < 1.29 is 19.1 Å². The van der Waals surface area contributed by atoms with Gasteiger partial charge in [-0.3, -0.25) is 4.79 Å². The number of allylic oxidation sites excluding steroid dienone is 1. The fourth-order valence-corrected chi connectivity index (χ4v) is 1.27. The third kappa shape index (κ3) is 4.43. The molecule has 1 aromatic rings. The van der Waals surface area contributed by atoms with E-state index in [9.17, 15) is 9.59 Å². The summed E-state index contributed by atoms with van der Waals surface area (Å²) in [6, 6.07) is 5.02. The number of ether oxygens (including phenoxy) is 2. The van der Waals surface area contributed by atoms with Crippen LogP contribution in [0.15, 0.2) is 36.4 Å². The average Bonchev–Trinajstić information content (AvgIpc) is 2.37. The van der Waals surface area contributed by atoms with Gasteiger partial charge in [-0.2, -0.15) is 0 Å². The normalized spacial score (nSPS) is 10.3. The molecule has 4 heteroatoms. The number of esters is 1. The average molecular weight is 260 g/mol. The molecule has 0 unspecified atom stereocenters. The molecule has 4 nitrogen and oxygen atoms in total. The number of hydrogen-bond acceptors (Lipinski definition) is 4. The predicted molar refractivity (Wildman–Crippen MR) is 73.2 cm³/mol. The fourth-order valence-electron chi connectivity index (χ4n) is 1.27. The van der Waals surface area contributed by atoms with Crippen LogP contribution in [0, 0.1) is 0 Å². The van der Waals surface area contributed by atoms with E-state index in [1.165, 1.54) is 20.1 Å². The highest BCUT2D eigenvalue weighted by atomic mass is 16.6. The summed E-state index contributed by atoms with van der Waals surface area (Å²) in [6.07, 6.45) is 3.11. The van der Waals surface area contributed by atoms with Crippen LogP contribution >= 0.6 is 0 Å². The van der Waals surface area contributed by atoms with Gasteiger partial charge in [0.15, 0.2) is 17.3 Å². The van der Waals surface area contributed by atoms with Gasteiger partial charge in [0.1, 0.15) is 0 Å². The van der Waals surface area contributed by atoms with Gasteiger partial charge in [-0.1, -0.05) is 18.7 Å². The van der Waals surface area contributed by atoms with Crippen LogP contribution in [0.5, 0.6) is 11.5 Å². The van der Waals surface area contributed by atoms with Gasteiger partial charge < -0.3 is 9.47 Å². The summed E-state index contributed by atoms with van der Waals surface area (Å²) in [5, 5.41) is 0. The Morgan fingerprint density at radius 1 is 1.21 bits per heavy atom. The predicted octanol–water partition coefficient (Wildman–Crippen LogP) is 2.78. The molecule has 0 heterocycles. The Kier molecular flexibility index (Phi) is 5.06. The number of ketones is 1. The van der Waals surface area contributed by atoms with Gasteiger partial charge in [0.2, 0.25) is 0 Å². The second-order valence-corrected chi connectivity index (χ2v) is 4.02. The summed E-state index contributed by atoms with van der Waals surface area (Å²) in [5.74, 6) is 0.179. The zero-order valence-electron chi connectivity index (χ0n) is 11.2. The summed E-state index contributed by atoms with van der Waals surface area (Å²) in [4.78, 5) is 22.3. The third-order valence-corrected chi connectivity index (χ3v) is 2.25. The summed E-state index contributed by atoms with van der Waals surface area (Å²) in [6.45, 7) is 6.55. The number of carbonyl (C=O) groups is 2. The van der Waals surface area contributed by atoms with Crippen LogP contribution in [0.2, 0.25) is 0 Å². The summed E-state index contributed by atoms with van der Waals surface area (Å²) < 4.78 is 10.3. The molecule has 0 radical (unpaired) electrons. The molecule has 0 saturated heterocycles. The highest BCUT2D eigenvalue weighted by Gasteiger charge is 2.10. The first kappa shape index (κ1) is 14.7. The van der Waals surface area contributed by atoms with Crippen LogP contribution in [0.25, 0.3) is 6.08 Å². The number of benzene rings is 1. The van der Waals surface area contributed by atoms with E-state index in [0.717, 1.165) is 5.56 Å². The molecular formula is C15H16O4. The first-order chi connectivity index (χ1) is 8.93. The summed E-state index contributed by atoms with van der Waals surface area (Å²) in [7, 11) is 1.48. The molecule has 0 aliphatic carbocycles. The Morgan fingerprint density at radius 2 is 1.89 bits per heavy atom. The van der Waals surface area contributed by atoms with E-state index in [2.05, 4.69) is 6.58 Å². The smallest absolute Gasteiger partial charge is 0.338 e. The van der Waals surface area contributed by atoms with Gasteiger partial charge in [-0.25, -0.2) is 4.79 Å². The lowest BCUT2D eigenvalue weighted by Crippen LogP contribution is -2.09. The molecule has 1 rings (SSSR count). The quantitative estimate of drug-likeness (QED) is 0.464. The zero-order chi connectivity index (χ0) is 14.4. The van der Waals surface area contributed by atoms with Gasteiger partial charge in [-0.15, -0.1) is 0 Å². The second kappa shape index (κ2) is 6.54. The first-order valence-electron chi connectivity index (χ1n) is 5.68. The van der Waals surface area contributed by atoms with Crippen LogP contribution < -0.4 is 9.47 Å². The van der Waals surface area contributed by atoms with Crippen LogP contribution in [0.3, 0.4) is 0 Å². The van der Waals surface area contributed by atoms with E-state index in [1.54, 1.807) is 31.2 Å². The molecule has 0 N–H and O–H groups in total. The number of rotatable bonds is 5. The maximum atomic E-state index is 11.4. The van der Waals surface area contributed by atoms with Crippen molar-refractivity contribution in [3.63, 3.8) is 0 Å². The minimum Gasteiger partial charge on any atom is -0.493 e. The monoisotopic (exact) mass is 260 g/mol. The van der Waals surface area contributed by atoms with E-state index in [4.69, 9.17) is 9.47 Å². The van der Waals surface area contributed by atoms with E-state index < -0.39 is 5.97 Å². The number of methoxy groups -OCH3 is 1. The van der Waals surface area contributed by atoms with Gasteiger partial charge >= 0.3 is 5.97 Å². The maximum Gasteiger partial charge on any atom is 0.338 e. The molecule has 100 valence electrons. The van der Waals surface area contributed by atoms with Crippen LogP contribution in [0.1, 0.15) is 19.4 Å². The lowest BCUT2D eigenvalue weighted by atomic mass is 10.1. The van der Waals surface area contributed by atoms with Gasteiger partial charge in [0.25, 0.3) is 0 Å². The molecule has 0 aromatic heterocycles. The lowest BCUT2D eigenvalue weighted by molar-refractivity contribution is -0.130. The third-order valence-electron chi connectivity index (χ3n) is 2.25. The van der Waals surface area contributed by atoms with E-state index in [0.29, 0.717) is 17.1 Å². The van der Waals surface area contributed by atoms with Crippen molar-refractivity contribution in [1.29, 1.82) is 0 Å². The molecule has 0 saturated carbocycles. The molecule has 0 spiro atoms. The van der Waals surface area contributed by atoms with Crippen molar-refractivity contribution in [2.24, 2.45) is 0 Å². The highest BCUT2D eigenvalue weighted by molar-refractivity contribution is 5.91. The van der Waals surface area contributed by atoms with E-state index >= 15 is 0 Å². The van der Waals surface area contributed by atoms with E-state index in [1.807, 2.05) is 0 Å². The van der Waals surface area contributed by atoms with Crippen molar-refractivity contribution in [1.82, 2.24) is 0 Å². The summed E-state index contributed by atoms with van der Waals surface area (Å²) in [5.41, 5.74) is 1.09. The van der Waals surface area contributed by atoms with Crippen LogP contribution in [-0.4, -0.2) is 18.9 Å². The van der Waals surface area contributed by atoms with Crippen molar-refractivity contribution in [3.8, 4) is 11.5 Å². The fraction of sp³-hybridized carbons (Fsp3) is 0.200. The Morgan fingerprint density at radius 3 is 2.42 bits per heavy atom. The molecular weight excluding hydrogens is 244 g/mol. The first-order valence-corrected chi connectivity index (χ1v) is 5.68. The van der Waals surface area contributed by atoms with Gasteiger partial charge in [-0.05, 0) is 37.6 Å². The maximum absolute atomic E-state index is 11.4. The number of carbonyl (C=O) groups excluding carboxylic acids is 2. The Balaban J connectivity index is 2.99. The van der Waals surface area contributed by atoms with E-state index in [-0.39, 0.29) is 5.78 Å². The molecule has 0 bridgehead atoms. The Labute approximate surface area is 112 Å². The molecule has 19 heavy (non-hydrogen) atoms. The Bertz CT molecular complexity index is 541. The molecule has 0 amide bonds. The van der Waals surface area contributed by atoms with Crippen molar-refractivity contribution >= 4 is 17.8 Å². The van der Waals surface area contributed by atoms with Crippen LogP contribution in [-0.2, 0) is 9.59 Å². The molecule has 0 aliphatic heterocycles. The van der Waals surface area contributed by atoms with Gasteiger partial charge in [0.05, 0.1) is 7.11 Å². The van der Waals surface area contributed by atoms with Crippen molar-refractivity contribution in [2.75, 3.05) is 7.11 Å². The lowest BCUT2D eigenvalue weighted by Gasteiger charge is -2.09. The van der Waals surface area contributed by atoms with Crippen LogP contribution in [0.4, 0.5) is 0 Å². The van der Waals surface area contributed by atoms with Gasteiger partial charge in [0, 0.05) is 5.57 Å². The minimum absolute atomic E-state index is 0.0447. The highest BCUT2D eigenvalue weighted by Crippen LogP contribution is 2.29. The molecule has 0 fully saturated rings. The largest absolute Gasteiger partial charge is 0.493 e. The topological polar surface area (TPSA) is 52.6 Å². The molecule has 0 atom stereocenters. The molecule has 1 aromatic carbocycles. The molecule has 0 aliphatic rings. The van der Waals surface area contributed by atoms with Crippen molar-refractivity contribution in [3.05, 3.63) is 42.0 Å². The standard InChI is InChI=1S/C15H16O4/c1-10(2)15(17)19-13-8-7-12(6-5-11(3)16)9-14(13)18-4/h5-9H,1H2,2-4H3. The summed E-state index contributed by atoms with van der Waals surface area (Å²) >= 11 is 0. The van der Waals surface area contributed by atoms with Crippen molar-refractivity contribution in [2.45, 2.75) is 13.8 Å². The SMILES string of the molecule is C=C(C)C(=O)Oc1ccc(C=CC(C)=O)cc1OC. The second-order valence-electron chi connectivity index (χ2n) is 4.02. The zero-order valence-corrected chi connectivity index (χ0v) is 11.2. The minimum atomic E-state index is -0.509.